The number of amides is 1. The van der Waals surface area contributed by atoms with Crippen LogP contribution in [-0.2, 0) is 0 Å². The first-order valence-electron chi connectivity index (χ1n) is 10.2. The molecule has 1 amide bonds. The Labute approximate surface area is 169 Å². The predicted molar refractivity (Wildman–Crippen MR) is 111 cm³/mol. The summed E-state index contributed by atoms with van der Waals surface area (Å²) < 4.78 is 1.84. The fraction of sp³-hybridized carbons (Fsp3) is 0.409. The fourth-order valence-electron chi connectivity index (χ4n) is 4.68. The average Bonchev–Trinajstić information content (AvgIpc) is 3.54. The van der Waals surface area contributed by atoms with Gasteiger partial charge in [-0.05, 0) is 43.7 Å². The van der Waals surface area contributed by atoms with Crippen LogP contribution in [0.15, 0.2) is 48.1 Å². The number of para-hydroxylation sites is 1. The molecule has 1 atom stereocenters. The molecule has 5 nitrogen and oxygen atoms in total. The van der Waals surface area contributed by atoms with Gasteiger partial charge in [-0.15, -0.1) is 11.3 Å². The van der Waals surface area contributed by atoms with Gasteiger partial charge in [0.05, 0.1) is 11.9 Å². The van der Waals surface area contributed by atoms with E-state index >= 15 is 0 Å². The van der Waals surface area contributed by atoms with Crippen LogP contribution in [0.4, 0.5) is 0 Å². The van der Waals surface area contributed by atoms with Gasteiger partial charge >= 0.3 is 0 Å². The van der Waals surface area contributed by atoms with Crippen LogP contribution in [0.25, 0.3) is 16.3 Å². The van der Waals surface area contributed by atoms with E-state index in [1.165, 1.54) is 37.0 Å². The molecule has 2 fully saturated rings. The summed E-state index contributed by atoms with van der Waals surface area (Å²) in [5.74, 6) is 0.793. The van der Waals surface area contributed by atoms with Gasteiger partial charge in [0.2, 0.25) is 0 Å². The van der Waals surface area contributed by atoms with Crippen molar-refractivity contribution in [3.8, 4) is 16.3 Å². The summed E-state index contributed by atoms with van der Waals surface area (Å²) in [6.45, 7) is 0.874. The van der Waals surface area contributed by atoms with Crippen LogP contribution in [0.2, 0.25) is 0 Å². The van der Waals surface area contributed by atoms with E-state index in [-0.39, 0.29) is 5.91 Å². The van der Waals surface area contributed by atoms with Crippen molar-refractivity contribution in [1.29, 1.82) is 0 Å². The van der Waals surface area contributed by atoms with Crippen LogP contribution in [0.5, 0.6) is 0 Å². The Balaban J connectivity index is 1.35. The summed E-state index contributed by atoms with van der Waals surface area (Å²) in [7, 11) is 0. The summed E-state index contributed by atoms with van der Waals surface area (Å²) in [4.78, 5) is 19.9. The molecule has 144 valence electrons. The Morgan fingerprint density at radius 1 is 1.07 bits per heavy atom. The van der Waals surface area contributed by atoms with Crippen LogP contribution < -0.4 is 0 Å². The number of thiazole rings is 1. The van der Waals surface area contributed by atoms with E-state index in [2.05, 4.69) is 15.0 Å². The highest BCUT2D eigenvalue weighted by Crippen LogP contribution is 2.36. The molecule has 0 spiro atoms. The lowest BCUT2D eigenvalue weighted by atomic mass is 9.96. The lowest BCUT2D eigenvalue weighted by Gasteiger charge is -2.28. The minimum Gasteiger partial charge on any atom is -0.334 e. The monoisotopic (exact) mass is 392 g/mol. The van der Waals surface area contributed by atoms with Gasteiger partial charge in [0.1, 0.15) is 10.7 Å². The minimum absolute atomic E-state index is 0.104. The maximum atomic E-state index is 13.1. The molecule has 1 saturated heterocycles. The van der Waals surface area contributed by atoms with E-state index in [0.717, 1.165) is 35.6 Å². The van der Waals surface area contributed by atoms with Gasteiger partial charge in [-0.1, -0.05) is 31.0 Å². The van der Waals surface area contributed by atoms with Crippen LogP contribution in [0, 0.1) is 5.92 Å². The van der Waals surface area contributed by atoms with Gasteiger partial charge in [0.25, 0.3) is 5.91 Å². The first-order chi connectivity index (χ1) is 13.8. The molecule has 3 aromatic rings. The molecule has 0 bridgehead atoms. The van der Waals surface area contributed by atoms with E-state index in [4.69, 9.17) is 0 Å². The number of rotatable bonds is 4. The highest BCUT2D eigenvalue weighted by molar-refractivity contribution is 7.13. The molecular weight excluding hydrogens is 368 g/mol. The number of hydrogen-bond acceptors (Lipinski definition) is 4. The average molecular weight is 393 g/mol. The zero-order chi connectivity index (χ0) is 18.9. The molecule has 28 heavy (non-hydrogen) atoms. The third kappa shape index (κ3) is 3.26. The molecule has 2 aliphatic rings. The lowest BCUT2D eigenvalue weighted by Crippen LogP contribution is -2.39. The molecular formula is C22H24N4OS. The van der Waals surface area contributed by atoms with E-state index in [0.29, 0.717) is 17.7 Å². The smallest absolute Gasteiger partial charge is 0.273 e. The number of nitrogens with zero attached hydrogens (tertiary/aromatic N) is 4. The van der Waals surface area contributed by atoms with Crippen molar-refractivity contribution in [1.82, 2.24) is 19.7 Å². The number of carbonyl (C=O) groups excluding carboxylic acids is 1. The molecule has 0 N–H and O–H groups in total. The molecule has 2 aromatic heterocycles. The molecule has 1 aliphatic heterocycles. The van der Waals surface area contributed by atoms with Crippen molar-refractivity contribution < 1.29 is 4.79 Å². The van der Waals surface area contributed by atoms with Crippen molar-refractivity contribution >= 4 is 17.2 Å². The molecule has 1 aromatic carbocycles. The molecule has 0 radical (unpaired) electrons. The largest absolute Gasteiger partial charge is 0.334 e. The Kier molecular flexibility index (Phi) is 4.72. The zero-order valence-corrected chi connectivity index (χ0v) is 16.6. The van der Waals surface area contributed by atoms with E-state index in [1.54, 1.807) is 0 Å². The third-order valence-corrected chi connectivity index (χ3v) is 6.97. The predicted octanol–water partition coefficient (Wildman–Crippen LogP) is 4.79. The SMILES string of the molecule is O=C(c1csc(-c2cnn(-c3ccccc3)c2)n1)N1CCCC1C1CCCC1. The maximum absolute atomic E-state index is 13.1. The van der Waals surface area contributed by atoms with E-state index < -0.39 is 0 Å². The topological polar surface area (TPSA) is 51.0 Å². The quantitative estimate of drug-likeness (QED) is 0.641. The second kappa shape index (κ2) is 7.51. The highest BCUT2D eigenvalue weighted by atomic mass is 32.1. The van der Waals surface area contributed by atoms with Crippen LogP contribution in [0.1, 0.15) is 49.0 Å². The van der Waals surface area contributed by atoms with Crippen molar-refractivity contribution in [3.63, 3.8) is 0 Å². The standard InChI is InChI=1S/C22H24N4OS/c27-22(25-12-6-11-20(25)16-7-4-5-8-16)19-15-28-21(24-19)17-13-23-26(14-17)18-9-2-1-3-10-18/h1-3,9-10,13-16,20H,4-8,11-12H2. The molecule has 1 saturated carbocycles. The van der Waals surface area contributed by atoms with Gasteiger partial charge in [-0.2, -0.15) is 5.10 Å². The lowest BCUT2D eigenvalue weighted by molar-refractivity contribution is 0.0684. The van der Waals surface area contributed by atoms with Crippen molar-refractivity contribution in [3.05, 3.63) is 53.8 Å². The van der Waals surface area contributed by atoms with E-state index in [9.17, 15) is 4.79 Å². The Bertz CT molecular complexity index is 958. The van der Waals surface area contributed by atoms with Gasteiger partial charge < -0.3 is 4.90 Å². The molecule has 1 aliphatic carbocycles. The highest BCUT2D eigenvalue weighted by Gasteiger charge is 2.36. The first kappa shape index (κ1) is 17.6. The van der Waals surface area contributed by atoms with Gasteiger partial charge in [0.15, 0.2) is 0 Å². The van der Waals surface area contributed by atoms with Gasteiger partial charge in [-0.3, -0.25) is 4.79 Å². The summed E-state index contributed by atoms with van der Waals surface area (Å²) in [5, 5.41) is 7.20. The number of hydrogen-bond donors (Lipinski definition) is 0. The van der Waals surface area contributed by atoms with Crippen molar-refractivity contribution in [2.24, 2.45) is 5.92 Å². The van der Waals surface area contributed by atoms with Crippen LogP contribution in [0.3, 0.4) is 0 Å². The summed E-state index contributed by atoms with van der Waals surface area (Å²) >= 11 is 1.52. The number of benzene rings is 1. The zero-order valence-electron chi connectivity index (χ0n) is 15.8. The second-order valence-electron chi connectivity index (χ2n) is 7.80. The van der Waals surface area contributed by atoms with Gasteiger partial charge in [-0.25, -0.2) is 9.67 Å². The molecule has 1 unspecified atom stereocenters. The number of aromatic nitrogens is 3. The summed E-state index contributed by atoms with van der Waals surface area (Å²) in [6, 6.07) is 10.4. The summed E-state index contributed by atoms with van der Waals surface area (Å²) in [5.41, 5.74) is 2.54. The molecule has 3 heterocycles. The maximum Gasteiger partial charge on any atom is 0.273 e. The molecule has 6 heteroatoms. The third-order valence-electron chi connectivity index (χ3n) is 6.08. The van der Waals surface area contributed by atoms with E-state index in [1.807, 2.05) is 52.8 Å². The van der Waals surface area contributed by atoms with Gasteiger partial charge in [0, 0.05) is 29.7 Å². The molecule has 5 rings (SSSR count). The van der Waals surface area contributed by atoms with Crippen LogP contribution in [-0.4, -0.2) is 38.2 Å². The Morgan fingerprint density at radius 2 is 1.89 bits per heavy atom. The summed E-state index contributed by atoms with van der Waals surface area (Å²) in [6.07, 6.45) is 11.2. The number of carbonyl (C=O) groups is 1. The Morgan fingerprint density at radius 3 is 2.71 bits per heavy atom. The number of likely N-dealkylation sites (tertiary alicyclic amines) is 1. The minimum atomic E-state index is 0.104. The first-order valence-corrected chi connectivity index (χ1v) is 11.0. The second-order valence-corrected chi connectivity index (χ2v) is 8.66. The fourth-order valence-corrected chi connectivity index (χ4v) is 5.45. The van der Waals surface area contributed by atoms with Crippen LogP contribution >= 0.6 is 11.3 Å². The van der Waals surface area contributed by atoms with Crippen molar-refractivity contribution in [2.45, 2.75) is 44.6 Å². The van der Waals surface area contributed by atoms with Crippen molar-refractivity contribution in [2.75, 3.05) is 6.54 Å². The normalized spacial score (nSPS) is 20.1. The Hall–Kier alpha value is -2.47.